The molecule has 2 aromatic carbocycles. The second-order valence-corrected chi connectivity index (χ2v) is 8.45. The summed E-state index contributed by atoms with van der Waals surface area (Å²) in [6, 6.07) is 8.89. The number of nitrogens with one attached hydrogen (secondary N) is 1. The van der Waals surface area contributed by atoms with Gasteiger partial charge in [-0.1, -0.05) is 17.7 Å². The van der Waals surface area contributed by atoms with E-state index in [1.807, 2.05) is 0 Å². The average molecular weight is 422 g/mol. The van der Waals surface area contributed by atoms with Crippen LogP contribution in [-0.4, -0.2) is 30.8 Å². The summed E-state index contributed by atoms with van der Waals surface area (Å²) in [5.74, 6) is -2.12. The van der Waals surface area contributed by atoms with E-state index in [1.54, 1.807) is 0 Å². The molecule has 0 radical (unpaired) electrons. The number of carbonyl (C=O) groups excluding carboxylic acids is 1. The van der Waals surface area contributed by atoms with E-state index < -0.39 is 38.8 Å². The molecule has 0 saturated carbocycles. The maximum Gasteiger partial charge on any atom is 0.416 e. The molecule has 0 aliphatic carbocycles. The van der Waals surface area contributed by atoms with Crippen molar-refractivity contribution in [2.75, 3.05) is 11.1 Å². The third-order valence-corrected chi connectivity index (χ3v) is 5.77. The second kappa shape index (κ2) is 7.49. The molecule has 2 rings (SSSR count). The van der Waals surface area contributed by atoms with Gasteiger partial charge in [-0.25, -0.2) is 8.42 Å². The number of hydrogen-bond donors (Lipinski definition) is 2. The first-order valence-corrected chi connectivity index (χ1v) is 9.54. The molecule has 0 heterocycles. The Balaban J connectivity index is 2.19. The summed E-state index contributed by atoms with van der Waals surface area (Å²) in [5.41, 5.74) is -3.60. The van der Waals surface area contributed by atoms with E-state index >= 15 is 0 Å². The van der Waals surface area contributed by atoms with Gasteiger partial charge in [-0.15, -0.1) is 0 Å². The molecule has 2 aromatic rings. The molecule has 0 bridgehead atoms. The number of hydrogen-bond acceptors (Lipinski definition) is 4. The summed E-state index contributed by atoms with van der Waals surface area (Å²) in [6.07, 6.45) is -4.61. The van der Waals surface area contributed by atoms with Crippen molar-refractivity contribution >= 4 is 33.0 Å². The highest BCUT2D eigenvalue weighted by Gasteiger charge is 2.37. The van der Waals surface area contributed by atoms with Crippen LogP contribution in [0.1, 0.15) is 12.5 Å². The van der Waals surface area contributed by atoms with E-state index in [1.165, 1.54) is 30.3 Å². The number of halogens is 4. The predicted octanol–water partition coefficient (Wildman–Crippen LogP) is 3.52. The number of rotatable bonds is 5. The van der Waals surface area contributed by atoms with E-state index in [2.05, 4.69) is 5.32 Å². The van der Waals surface area contributed by atoms with Gasteiger partial charge in [0.15, 0.2) is 15.4 Å². The van der Waals surface area contributed by atoms with Crippen molar-refractivity contribution in [1.29, 1.82) is 0 Å². The number of sulfone groups is 1. The quantitative estimate of drug-likeness (QED) is 0.773. The zero-order valence-corrected chi connectivity index (χ0v) is 15.5. The van der Waals surface area contributed by atoms with E-state index in [0.717, 1.165) is 19.1 Å². The fourth-order valence-electron chi connectivity index (χ4n) is 2.20. The third kappa shape index (κ3) is 5.44. The average Bonchev–Trinajstić information content (AvgIpc) is 2.53. The normalized spacial score (nSPS) is 14.4. The van der Waals surface area contributed by atoms with Crippen molar-refractivity contribution in [3.63, 3.8) is 0 Å². The van der Waals surface area contributed by atoms with Crippen molar-refractivity contribution in [1.82, 2.24) is 0 Å². The largest absolute Gasteiger partial charge is 0.416 e. The van der Waals surface area contributed by atoms with Gasteiger partial charge in [-0.3, -0.25) is 4.79 Å². The lowest BCUT2D eigenvalue weighted by atomic mass is 10.1. The molecule has 27 heavy (non-hydrogen) atoms. The molecule has 0 aromatic heterocycles. The second-order valence-electron chi connectivity index (χ2n) is 6.02. The Bertz CT molecular complexity index is 941. The van der Waals surface area contributed by atoms with E-state index in [-0.39, 0.29) is 10.6 Å². The minimum Gasteiger partial charge on any atom is -0.379 e. The van der Waals surface area contributed by atoms with Crippen LogP contribution in [0.2, 0.25) is 5.02 Å². The van der Waals surface area contributed by atoms with E-state index in [0.29, 0.717) is 11.1 Å². The maximum absolute atomic E-state index is 12.7. The molecular formula is C17H15ClF3NO4S. The highest BCUT2D eigenvalue weighted by molar-refractivity contribution is 7.91. The summed E-state index contributed by atoms with van der Waals surface area (Å²) in [5, 5.41) is 12.7. The van der Waals surface area contributed by atoms with Gasteiger partial charge >= 0.3 is 6.18 Å². The Morgan fingerprint density at radius 1 is 1.15 bits per heavy atom. The zero-order chi connectivity index (χ0) is 20.5. The molecule has 0 saturated heterocycles. The third-order valence-electron chi connectivity index (χ3n) is 3.58. The first-order valence-electron chi connectivity index (χ1n) is 7.51. The molecule has 1 atom stereocenters. The van der Waals surface area contributed by atoms with Gasteiger partial charge in [0, 0.05) is 10.7 Å². The number of carbonyl (C=O) groups is 1. The Morgan fingerprint density at radius 3 is 2.30 bits per heavy atom. The van der Waals surface area contributed by atoms with Gasteiger partial charge in [-0.2, -0.15) is 13.2 Å². The number of benzene rings is 2. The number of alkyl halides is 3. The topological polar surface area (TPSA) is 83.5 Å². The van der Waals surface area contributed by atoms with Crippen molar-refractivity contribution in [3.05, 3.63) is 59.1 Å². The van der Waals surface area contributed by atoms with Gasteiger partial charge in [0.2, 0.25) is 0 Å². The summed E-state index contributed by atoms with van der Waals surface area (Å²) in [6.45, 7) is 0.962. The van der Waals surface area contributed by atoms with Gasteiger partial charge in [-0.05, 0) is 49.4 Å². The number of aliphatic hydroxyl groups is 1. The SMILES string of the molecule is C[C@](O)(CS(=O)(=O)c1ccc(Cl)cc1)C(=O)Nc1cccc(C(F)(F)F)c1. The van der Waals surface area contributed by atoms with E-state index in [4.69, 9.17) is 11.6 Å². The Morgan fingerprint density at radius 2 is 1.74 bits per heavy atom. The molecule has 146 valence electrons. The van der Waals surface area contributed by atoms with Crippen LogP contribution in [0.3, 0.4) is 0 Å². The summed E-state index contributed by atoms with van der Waals surface area (Å²) >= 11 is 5.69. The molecule has 0 fully saturated rings. The lowest BCUT2D eigenvalue weighted by molar-refractivity contribution is -0.137. The monoisotopic (exact) mass is 421 g/mol. The zero-order valence-electron chi connectivity index (χ0n) is 13.9. The minimum absolute atomic E-state index is 0.154. The smallest absolute Gasteiger partial charge is 0.379 e. The van der Waals surface area contributed by atoms with Crippen LogP contribution in [0.4, 0.5) is 18.9 Å². The molecule has 1 amide bonds. The molecule has 0 spiro atoms. The summed E-state index contributed by atoms with van der Waals surface area (Å²) in [7, 11) is -4.05. The molecule has 2 N–H and O–H groups in total. The van der Waals surface area contributed by atoms with Gasteiger partial charge in [0.05, 0.1) is 16.2 Å². The molecule has 0 aliphatic rings. The summed E-state index contributed by atoms with van der Waals surface area (Å²) in [4.78, 5) is 12.1. The van der Waals surface area contributed by atoms with Crippen molar-refractivity contribution < 1.29 is 31.5 Å². The highest BCUT2D eigenvalue weighted by atomic mass is 35.5. The first-order chi connectivity index (χ1) is 12.3. The van der Waals surface area contributed by atoms with Crippen LogP contribution in [0, 0.1) is 0 Å². The fraction of sp³-hybridized carbons (Fsp3) is 0.235. The summed E-state index contributed by atoms with van der Waals surface area (Å²) < 4.78 is 62.9. The van der Waals surface area contributed by atoms with Crippen molar-refractivity contribution in [2.45, 2.75) is 23.6 Å². The molecule has 10 heteroatoms. The first kappa shape index (κ1) is 21.2. The number of anilines is 1. The lowest BCUT2D eigenvalue weighted by Gasteiger charge is -2.22. The van der Waals surface area contributed by atoms with Crippen molar-refractivity contribution in [2.24, 2.45) is 0 Å². The van der Waals surface area contributed by atoms with Crippen LogP contribution in [0.25, 0.3) is 0 Å². The van der Waals surface area contributed by atoms with Crippen LogP contribution in [-0.2, 0) is 20.8 Å². The lowest BCUT2D eigenvalue weighted by Crippen LogP contribution is -2.45. The maximum atomic E-state index is 12.7. The van der Waals surface area contributed by atoms with Crippen molar-refractivity contribution in [3.8, 4) is 0 Å². The Kier molecular flexibility index (Phi) is 5.88. The standard InChI is InChI=1S/C17H15ClF3NO4S/c1-16(24,10-27(25,26)14-7-5-12(18)6-8-14)15(23)22-13-4-2-3-11(9-13)17(19,20)21/h2-9,24H,10H2,1H3,(H,22,23)/t16-/m0/s1. The Labute approximate surface area is 158 Å². The highest BCUT2D eigenvalue weighted by Crippen LogP contribution is 2.31. The van der Waals surface area contributed by atoms with Crippen LogP contribution in [0.15, 0.2) is 53.4 Å². The molecular weight excluding hydrogens is 407 g/mol. The van der Waals surface area contributed by atoms with Crippen LogP contribution < -0.4 is 5.32 Å². The van der Waals surface area contributed by atoms with Crippen LogP contribution in [0.5, 0.6) is 0 Å². The minimum atomic E-state index is -4.61. The fourth-order valence-corrected chi connectivity index (χ4v) is 3.91. The molecule has 0 unspecified atom stereocenters. The number of amides is 1. The van der Waals surface area contributed by atoms with Gasteiger partial charge < -0.3 is 10.4 Å². The van der Waals surface area contributed by atoms with E-state index in [9.17, 15) is 31.5 Å². The Hall–Kier alpha value is -2.10. The van der Waals surface area contributed by atoms with Crippen LogP contribution >= 0.6 is 11.6 Å². The molecule has 0 aliphatic heterocycles. The van der Waals surface area contributed by atoms with Gasteiger partial charge in [0.1, 0.15) is 0 Å². The predicted molar refractivity (Wildman–Crippen MR) is 94.2 cm³/mol. The van der Waals surface area contributed by atoms with Gasteiger partial charge in [0.25, 0.3) is 5.91 Å². The molecule has 5 nitrogen and oxygen atoms in total.